The van der Waals surface area contributed by atoms with Crippen molar-refractivity contribution in [3.05, 3.63) is 47.3 Å². The fourth-order valence-electron chi connectivity index (χ4n) is 2.27. The molecule has 0 saturated carbocycles. The van der Waals surface area contributed by atoms with Crippen LogP contribution in [-0.4, -0.2) is 50.9 Å². The molecule has 1 rings (SSSR count). The van der Waals surface area contributed by atoms with Crippen LogP contribution in [0.1, 0.15) is 11.1 Å². The highest BCUT2D eigenvalue weighted by atomic mass is 19.1. The summed E-state index contributed by atoms with van der Waals surface area (Å²) in [5, 5.41) is 5.35. The van der Waals surface area contributed by atoms with Crippen LogP contribution in [0.4, 0.5) is 4.39 Å². The first-order valence-electron chi connectivity index (χ1n) is 7.89. The quantitative estimate of drug-likeness (QED) is 0.704. The highest BCUT2D eigenvalue weighted by Crippen LogP contribution is 2.15. The number of rotatable bonds is 8. The van der Waals surface area contributed by atoms with E-state index in [1.807, 2.05) is 25.9 Å². The van der Waals surface area contributed by atoms with Crippen LogP contribution in [0.15, 0.2) is 30.4 Å². The molecule has 0 spiro atoms. The van der Waals surface area contributed by atoms with Crippen molar-refractivity contribution in [2.45, 2.75) is 13.3 Å². The zero-order valence-electron chi connectivity index (χ0n) is 14.7. The number of aryl methyl sites for hydroxylation is 1. The summed E-state index contributed by atoms with van der Waals surface area (Å²) >= 11 is 0. The Morgan fingerprint density at radius 2 is 2.04 bits per heavy atom. The topological polar surface area (TPSA) is 61.4 Å². The fraction of sp³-hybridized carbons (Fsp3) is 0.444. The Bertz CT molecular complexity index is 600. The molecule has 1 aromatic rings. The lowest BCUT2D eigenvalue weighted by Gasteiger charge is -2.17. The van der Waals surface area contributed by atoms with E-state index in [2.05, 4.69) is 10.6 Å². The van der Waals surface area contributed by atoms with Gasteiger partial charge in [0.15, 0.2) is 0 Å². The monoisotopic (exact) mass is 335 g/mol. The molecule has 1 unspecified atom stereocenters. The van der Waals surface area contributed by atoms with E-state index in [9.17, 15) is 14.0 Å². The smallest absolute Gasteiger partial charge is 0.243 e. The summed E-state index contributed by atoms with van der Waals surface area (Å²) in [4.78, 5) is 25.8. The minimum Gasteiger partial charge on any atom is -0.359 e. The van der Waals surface area contributed by atoms with Crippen molar-refractivity contribution in [2.24, 2.45) is 5.92 Å². The van der Waals surface area contributed by atoms with Crippen molar-refractivity contribution in [3.8, 4) is 0 Å². The van der Waals surface area contributed by atoms with Crippen LogP contribution >= 0.6 is 0 Å². The van der Waals surface area contributed by atoms with Gasteiger partial charge in [-0.15, -0.1) is 0 Å². The van der Waals surface area contributed by atoms with Gasteiger partial charge in [-0.05, 0) is 50.7 Å². The Morgan fingerprint density at radius 3 is 2.62 bits per heavy atom. The van der Waals surface area contributed by atoms with E-state index in [1.54, 1.807) is 19.2 Å². The van der Waals surface area contributed by atoms with Gasteiger partial charge in [0.25, 0.3) is 0 Å². The van der Waals surface area contributed by atoms with Crippen LogP contribution < -0.4 is 10.6 Å². The van der Waals surface area contributed by atoms with Gasteiger partial charge in [-0.2, -0.15) is 0 Å². The Hall–Kier alpha value is -2.21. The number of likely N-dealkylation sites (N-methyl/N-ethyl adjacent to an activating group) is 1. The van der Waals surface area contributed by atoms with Crippen molar-refractivity contribution < 1.29 is 14.0 Å². The zero-order valence-corrected chi connectivity index (χ0v) is 14.7. The third kappa shape index (κ3) is 6.91. The summed E-state index contributed by atoms with van der Waals surface area (Å²) in [6, 6.07) is 4.50. The molecule has 0 fully saturated rings. The van der Waals surface area contributed by atoms with Crippen LogP contribution in [0.2, 0.25) is 0 Å². The van der Waals surface area contributed by atoms with E-state index in [0.717, 1.165) is 11.1 Å². The number of halogens is 1. The molecule has 2 amide bonds. The normalized spacial score (nSPS) is 12.4. The highest BCUT2D eigenvalue weighted by molar-refractivity contribution is 5.88. The molecule has 1 atom stereocenters. The van der Waals surface area contributed by atoms with Gasteiger partial charge in [0.05, 0.1) is 5.92 Å². The lowest BCUT2D eigenvalue weighted by atomic mass is 9.95. The van der Waals surface area contributed by atoms with E-state index in [1.165, 1.54) is 18.2 Å². The summed E-state index contributed by atoms with van der Waals surface area (Å²) in [5.41, 5.74) is 1.68. The second-order valence-corrected chi connectivity index (χ2v) is 6.00. The Balaban J connectivity index is 2.67. The number of carbonyl (C=O) groups excluding carboxylic acids is 2. The Labute approximate surface area is 142 Å². The van der Waals surface area contributed by atoms with Crippen molar-refractivity contribution in [1.82, 2.24) is 15.5 Å². The molecule has 132 valence electrons. The SMILES string of the molecule is CNC(=O)C(CNC(=O)/C=C/CN(C)C)Cc1ccc(F)cc1C. The molecule has 0 aliphatic carbocycles. The van der Waals surface area contributed by atoms with Gasteiger partial charge in [0.1, 0.15) is 5.82 Å². The zero-order chi connectivity index (χ0) is 18.1. The summed E-state index contributed by atoms with van der Waals surface area (Å²) < 4.78 is 13.2. The minimum absolute atomic E-state index is 0.156. The molecule has 6 heteroatoms. The first kappa shape index (κ1) is 19.8. The van der Waals surface area contributed by atoms with Crippen molar-refractivity contribution in [2.75, 3.05) is 34.2 Å². The summed E-state index contributed by atoms with van der Waals surface area (Å²) in [7, 11) is 5.38. The number of nitrogens with zero attached hydrogens (tertiary/aromatic N) is 1. The standard InChI is InChI=1S/C18H26FN3O2/c1-13-10-16(19)8-7-14(13)11-15(18(24)20-2)12-21-17(23)6-5-9-22(3)4/h5-8,10,15H,9,11-12H2,1-4H3,(H,20,24)(H,21,23)/b6-5+. The predicted octanol–water partition coefficient (Wildman–Crippen LogP) is 1.27. The molecule has 0 aromatic heterocycles. The lowest BCUT2D eigenvalue weighted by Crippen LogP contribution is -2.38. The van der Waals surface area contributed by atoms with Gasteiger partial charge in [-0.1, -0.05) is 12.1 Å². The van der Waals surface area contributed by atoms with Crippen LogP contribution in [0.25, 0.3) is 0 Å². The summed E-state index contributed by atoms with van der Waals surface area (Å²) in [6.45, 7) is 2.70. The van der Waals surface area contributed by atoms with E-state index >= 15 is 0 Å². The summed E-state index contributed by atoms with van der Waals surface area (Å²) in [6.07, 6.45) is 3.66. The van der Waals surface area contributed by atoms with Crippen molar-refractivity contribution >= 4 is 11.8 Å². The van der Waals surface area contributed by atoms with E-state index < -0.39 is 5.92 Å². The van der Waals surface area contributed by atoms with Crippen LogP contribution in [0.5, 0.6) is 0 Å². The van der Waals surface area contributed by atoms with Gasteiger partial charge in [0.2, 0.25) is 11.8 Å². The maximum atomic E-state index is 13.2. The predicted molar refractivity (Wildman–Crippen MR) is 93.1 cm³/mol. The van der Waals surface area contributed by atoms with Crippen LogP contribution in [0.3, 0.4) is 0 Å². The molecule has 0 aliphatic rings. The van der Waals surface area contributed by atoms with Crippen molar-refractivity contribution in [3.63, 3.8) is 0 Å². The number of amides is 2. The second kappa shape index (κ2) is 9.82. The number of hydrogen-bond donors (Lipinski definition) is 2. The van der Waals surface area contributed by atoms with E-state index in [4.69, 9.17) is 0 Å². The fourth-order valence-corrected chi connectivity index (χ4v) is 2.27. The number of benzene rings is 1. The molecule has 5 nitrogen and oxygen atoms in total. The molecule has 24 heavy (non-hydrogen) atoms. The van der Waals surface area contributed by atoms with Crippen molar-refractivity contribution in [1.29, 1.82) is 0 Å². The van der Waals surface area contributed by atoms with Crippen LogP contribution in [-0.2, 0) is 16.0 Å². The van der Waals surface area contributed by atoms with Gasteiger partial charge < -0.3 is 15.5 Å². The third-order valence-corrected chi connectivity index (χ3v) is 3.65. The molecule has 0 saturated heterocycles. The van der Waals surface area contributed by atoms with Gasteiger partial charge in [-0.25, -0.2) is 4.39 Å². The number of carbonyl (C=O) groups is 2. The van der Waals surface area contributed by atoms with E-state index in [0.29, 0.717) is 13.0 Å². The number of nitrogens with one attached hydrogen (secondary N) is 2. The average molecular weight is 335 g/mol. The first-order valence-corrected chi connectivity index (χ1v) is 7.89. The van der Waals surface area contributed by atoms with Gasteiger partial charge in [-0.3, -0.25) is 9.59 Å². The molecule has 1 aromatic carbocycles. The molecule has 0 bridgehead atoms. The first-order chi connectivity index (χ1) is 11.3. The Morgan fingerprint density at radius 1 is 1.33 bits per heavy atom. The minimum atomic E-state index is -0.412. The second-order valence-electron chi connectivity index (χ2n) is 6.00. The number of hydrogen-bond acceptors (Lipinski definition) is 3. The van der Waals surface area contributed by atoms with Crippen LogP contribution in [0, 0.1) is 18.7 Å². The molecule has 2 N–H and O–H groups in total. The molecular weight excluding hydrogens is 309 g/mol. The maximum absolute atomic E-state index is 13.2. The lowest BCUT2D eigenvalue weighted by molar-refractivity contribution is -0.124. The average Bonchev–Trinajstić information content (AvgIpc) is 2.52. The van der Waals surface area contributed by atoms with Gasteiger partial charge in [0, 0.05) is 26.2 Å². The van der Waals surface area contributed by atoms with E-state index in [-0.39, 0.29) is 24.2 Å². The Kier molecular flexibility index (Phi) is 8.12. The molecule has 0 heterocycles. The summed E-state index contributed by atoms with van der Waals surface area (Å²) in [5.74, 6) is -1.10. The van der Waals surface area contributed by atoms with Gasteiger partial charge >= 0.3 is 0 Å². The highest BCUT2D eigenvalue weighted by Gasteiger charge is 2.19. The molecular formula is C18H26FN3O2. The maximum Gasteiger partial charge on any atom is 0.243 e. The largest absolute Gasteiger partial charge is 0.359 e. The third-order valence-electron chi connectivity index (χ3n) is 3.65. The molecule has 0 aliphatic heterocycles. The molecule has 0 radical (unpaired) electrons.